The van der Waals surface area contributed by atoms with Gasteiger partial charge in [0.1, 0.15) is 5.75 Å². The van der Waals surface area contributed by atoms with E-state index in [1.165, 1.54) is 31.9 Å². The number of hydrogen-bond donors (Lipinski definition) is 2. The van der Waals surface area contributed by atoms with E-state index in [9.17, 15) is 18.0 Å². The third-order valence-electron chi connectivity index (χ3n) is 11.1. The number of rotatable bonds is 9. The van der Waals surface area contributed by atoms with Crippen molar-refractivity contribution in [1.82, 2.24) is 23.8 Å². The first-order valence-electron chi connectivity index (χ1n) is 16.7. The first-order chi connectivity index (χ1) is 22.1. The molecule has 0 spiro atoms. The van der Waals surface area contributed by atoms with Crippen molar-refractivity contribution in [1.29, 1.82) is 0 Å². The Bertz CT molecular complexity index is 1810. The molecule has 10 nitrogen and oxygen atoms in total. The maximum Gasteiger partial charge on any atom is 0.303 e. The second-order valence-corrected chi connectivity index (χ2v) is 15.4. The molecule has 46 heavy (non-hydrogen) atoms. The summed E-state index contributed by atoms with van der Waals surface area (Å²) in [6.07, 6.45) is 7.50. The fourth-order valence-electron chi connectivity index (χ4n) is 8.29. The first-order valence-corrected chi connectivity index (χ1v) is 18.2. The molecule has 2 saturated carbocycles. The number of methoxy groups -OCH3 is 1. The van der Waals surface area contributed by atoms with Crippen LogP contribution in [0.25, 0.3) is 22.2 Å². The van der Waals surface area contributed by atoms with Gasteiger partial charge in [0, 0.05) is 67.2 Å². The summed E-state index contributed by atoms with van der Waals surface area (Å²) in [6.45, 7) is 4.01. The molecule has 2 aliphatic heterocycles. The van der Waals surface area contributed by atoms with Gasteiger partial charge in [0.15, 0.2) is 0 Å². The van der Waals surface area contributed by atoms with Crippen LogP contribution in [0.3, 0.4) is 0 Å². The van der Waals surface area contributed by atoms with Crippen LogP contribution in [0, 0.1) is 5.41 Å². The average molecular weight is 648 g/mol. The van der Waals surface area contributed by atoms with Gasteiger partial charge in [-0.3, -0.25) is 9.59 Å². The lowest BCUT2D eigenvalue weighted by Crippen LogP contribution is -2.57. The van der Waals surface area contributed by atoms with Crippen LogP contribution < -0.4 is 14.8 Å². The summed E-state index contributed by atoms with van der Waals surface area (Å²) in [5.74, 6) is 0.744. The number of ether oxygens (including phenoxy) is 1. The molecule has 2 N–H and O–H groups in total. The van der Waals surface area contributed by atoms with E-state index in [1.807, 2.05) is 25.2 Å². The highest BCUT2D eigenvalue weighted by Crippen LogP contribution is 2.66. The molecule has 4 aliphatic rings. The third kappa shape index (κ3) is 4.93. The van der Waals surface area contributed by atoms with Gasteiger partial charge in [-0.1, -0.05) is 32.3 Å². The molecule has 1 aromatic heterocycles. The predicted molar refractivity (Wildman–Crippen MR) is 178 cm³/mol. The van der Waals surface area contributed by atoms with Crippen molar-refractivity contribution >= 4 is 32.9 Å². The molecular formula is C35H45N5O5S. The quantitative estimate of drug-likeness (QED) is 0.351. The number of likely N-dealkylation sites (tertiary alicyclic amines) is 1. The number of aromatic nitrogens is 1. The predicted octanol–water partition coefficient (Wildman–Crippen LogP) is 4.60. The highest BCUT2D eigenvalue weighted by Gasteiger charge is 2.64. The highest BCUT2D eigenvalue weighted by atomic mass is 32.2. The van der Waals surface area contributed by atoms with Gasteiger partial charge in [-0.05, 0) is 80.1 Å². The lowest BCUT2D eigenvalue weighted by atomic mass is 9.81. The molecule has 3 atom stereocenters. The molecule has 1 saturated heterocycles. The Labute approximate surface area is 271 Å². The first kappa shape index (κ1) is 31.2. The van der Waals surface area contributed by atoms with E-state index in [-0.39, 0.29) is 30.0 Å². The maximum absolute atomic E-state index is 14.5. The summed E-state index contributed by atoms with van der Waals surface area (Å²) in [5.41, 5.74) is 5.26. The van der Waals surface area contributed by atoms with E-state index >= 15 is 0 Å². The van der Waals surface area contributed by atoms with Crippen LogP contribution >= 0.6 is 0 Å². The number of nitrogens with one attached hydrogen (secondary N) is 2. The minimum Gasteiger partial charge on any atom is -0.497 e. The van der Waals surface area contributed by atoms with Crippen molar-refractivity contribution in [2.24, 2.45) is 5.41 Å². The average Bonchev–Trinajstić information content (AvgIpc) is 3.72. The van der Waals surface area contributed by atoms with Crippen LogP contribution in [-0.2, 0) is 21.5 Å². The summed E-state index contributed by atoms with van der Waals surface area (Å²) in [4.78, 5) is 30.0. The summed E-state index contributed by atoms with van der Waals surface area (Å²) in [7, 11) is 1.08. The number of likely N-dealkylation sites (N-methyl/N-ethyl adjacent to an activating group) is 1. The van der Waals surface area contributed by atoms with Gasteiger partial charge in [-0.25, -0.2) is 4.72 Å². The molecule has 2 aromatic carbocycles. The Balaban J connectivity index is 1.42. The molecular weight excluding hydrogens is 602 g/mol. The fourth-order valence-corrected chi connectivity index (χ4v) is 9.14. The molecule has 246 valence electrons. The van der Waals surface area contributed by atoms with Crippen molar-refractivity contribution in [3.63, 3.8) is 0 Å². The summed E-state index contributed by atoms with van der Waals surface area (Å²) in [6, 6.07) is 12.0. The van der Waals surface area contributed by atoms with E-state index < -0.39 is 21.5 Å². The second kappa shape index (κ2) is 11.7. The van der Waals surface area contributed by atoms with E-state index in [0.29, 0.717) is 12.5 Å². The molecule has 11 heteroatoms. The molecule has 2 aliphatic carbocycles. The zero-order valence-corrected chi connectivity index (χ0v) is 28.1. The molecule has 0 bridgehead atoms. The normalized spacial score (nSPS) is 24.1. The SMILES string of the molecule is CCN(C)S(=O)(=O)NC(=O)c1ccc2c(C3CCCCC3)c3n(c2c1)CC1(C(=O)N2CCC2CNC)CC1c1cc(OC)ccc1-3. The molecule has 7 rings (SSSR count). The van der Waals surface area contributed by atoms with Crippen LogP contribution in [0.15, 0.2) is 36.4 Å². The zero-order valence-electron chi connectivity index (χ0n) is 27.3. The Morgan fingerprint density at radius 2 is 1.87 bits per heavy atom. The smallest absolute Gasteiger partial charge is 0.303 e. The number of nitrogens with zero attached hydrogens (tertiary/aromatic N) is 3. The molecule has 3 aromatic rings. The standard InChI is InChI=1S/C35H45N5O5S/c1-5-38(3)46(43,44)37-33(41)23-11-13-27-30(17-23)40-21-35(34(42)39-16-15-24(39)20-36-2)19-29(35)28-18-25(45-4)12-14-26(28)32(40)31(27)22-9-7-6-8-10-22/h11-14,17-18,22,24,29,36H,5-10,15-16,19-21H2,1-4H3,(H,37,41). The number of amides is 2. The van der Waals surface area contributed by atoms with E-state index in [1.54, 1.807) is 20.1 Å². The van der Waals surface area contributed by atoms with Gasteiger partial charge in [0.05, 0.1) is 18.2 Å². The number of fused-ring (bicyclic) bond motifs is 7. The lowest BCUT2D eigenvalue weighted by molar-refractivity contribution is -0.145. The summed E-state index contributed by atoms with van der Waals surface area (Å²) in [5, 5.41) is 4.33. The minimum atomic E-state index is -3.97. The lowest BCUT2D eigenvalue weighted by Gasteiger charge is -2.43. The van der Waals surface area contributed by atoms with Gasteiger partial charge in [-0.2, -0.15) is 12.7 Å². The third-order valence-corrected chi connectivity index (χ3v) is 12.7. The number of benzene rings is 2. The molecule has 3 unspecified atom stereocenters. The Morgan fingerprint density at radius 3 is 2.54 bits per heavy atom. The summed E-state index contributed by atoms with van der Waals surface area (Å²) >= 11 is 0. The van der Waals surface area contributed by atoms with Crippen LogP contribution in [0.1, 0.15) is 85.2 Å². The van der Waals surface area contributed by atoms with Crippen molar-refractivity contribution in [2.45, 2.75) is 76.3 Å². The van der Waals surface area contributed by atoms with Crippen molar-refractivity contribution < 1.29 is 22.7 Å². The largest absolute Gasteiger partial charge is 0.497 e. The van der Waals surface area contributed by atoms with Gasteiger partial charge < -0.3 is 19.5 Å². The zero-order chi connectivity index (χ0) is 32.4. The Morgan fingerprint density at radius 1 is 1.09 bits per heavy atom. The van der Waals surface area contributed by atoms with Gasteiger partial charge in [-0.15, -0.1) is 0 Å². The van der Waals surface area contributed by atoms with Crippen LogP contribution in [0.5, 0.6) is 5.75 Å². The Kier molecular flexibility index (Phi) is 7.92. The van der Waals surface area contributed by atoms with Gasteiger partial charge in [0.25, 0.3) is 5.91 Å². The molecule has 3 fully saturated rings. The second-order valence-electron chi connectivity index (χ2n) is 13.6. The van der Waals surface area contributed by atoms with Crippen molar-refractivity contribution in [3.05, 3.63) is 53.1 Å². The van der Waals surface area contributed by atoms with Crippen LogP contribution in [0.4, 0.5) is 0 Å². The number of carbonyl (C=O) groups excluding carboxylic acids is 2. The van der Waals surface area contributed by atoms with E-state index in [2.05, 4.69) is 31.6 Å². The molecule has 2 amide bonds. The van der Waals surface area contributed by atoms with Gasteiger partial charge >= 0.3 is 10.2 Å². The van der Waals surface area contributed by atoms with Crippen LogP contribution in [0.2, 0.25) is 0 Å². The monoisotopic (exact) mass is 647 g/mol. The molecule has 0 radical (unpaired) electrons. The highest BCUT2D eigenvalue weighted by molar-refractivity contribution is 7.87. The van der Waals surface area contributed by atoms with Gasteiger partial charge in [0.2, 0.25) is 5.91 Å². The van der Waals surface area contributed by atoms with E-state index in [0.717, 1.165) is 76.6 Å². The number of carbonyl (C=O) groups is 2. The van der Waals surface area contributed by atoms with Crippen LogP contribution in [-0.4, -0.2) is 80.9 Å². The minimum absolute atomic E-state index is 0.0660. The topological polar surface area (TPSA) is 113 Å². The summed E-state index contributed by atoms with van der Waals surface area (Å²) < 4.78 is 36.9. The van der Waals surface area contributed by atoms with Crippen molar-refractivity contribution in [2.75, 3.05) is 40.8 Å². The molecule has 3 heterocycles. The Hall–Kier alpha value is -3.41. The number of hydrogen-bond acceptors (Lipinski definition) is 6. The fraction of sp³-hybridized carbons (Fsp3) is 0.543. The van der Waals surface area contributed by atoms with Crippen molar-refractivity contribution in [3.8, 4) is 17.0 Å². The van der Waals surface area contributed by atoms with E-state index in [4.69, 9.17) is 4.74 Å². The maximum atomic E-state index is 14.5.